The summed E-state index contributed by atoms with van der Waals surface area (Å²) in [6, 6.07) is 17.0. The molecule has 0 unspecified atom stereocenters. The Hall–Kier alpha value is -3.61. The molecule has 29 heavy (non-hydrogen) atoms. The Morgan fingerprint density at radius 3 is 2.45 bits per heavy atom. The second-order valence-electron chi connectivity index (χ2n) is 6.40. The predicted molar refractivity (Wildman–Crippen MR) is 113 cm³/mol. The van der Waals surface area contributed by atoms with Gasteiger partial charge in [0.25, 0.3) is 5.91 Å². The highest BCUT2D eigenvalue weighted by Crippen LogP contribution is 2.29. The van der Waals surface area contributed by atoms with Crippen LogP contribution in [-0.2, 0) is 6.42 Å². The lowest BCUT2D eigenvalue weighted by Crippen LogP contribution is -2.17. The highest BCUT2D eigenvalue weighted by atomic mass is 16.5. The van der Waals surface area contributed by atoms with E-state index in [4.69, 9.17) is 9.47 Å². The van der Waals surface area contributed by atoms with Crippen molar-refractivity contribution in [2.45, 2.75) is 13.3 Å². The smallest absolute Gasteiger partial charge is 0.274 e. The van der Waals surface area contributed by atoms with E-state index in [1.165, 1.54) is 5.56 Å². The van der Waals surface area contributed by atoms with E-state index < -0.39 is 0 Å². The third-order valence-corrected chi connectivity index (χ3v) is 4.27. The number of hydrogen-bond acceptors (Lipinski definition) is 6. The van der Waals surface area contributed by atoms with Crippen molar-refractivity contribution in [2.75, 3.05) is 31.4 Å². The number of methoxy groups -OCH3 is 2. The lowest BCUT2D eigenvalue weighted by Gasteiger charge is -2.11. The lowest BCUT2D eigenvalue weighted by atomic mass is 10.1. The average molecular weight is 392 g/mol. The molecule has 0 bridgehead atoms. The molecule has 7 heteroatoms. The molecule has 0 fully saturated rings. The van der Waals surface area contributed by atoms with Gasteiger partial charge in [0, 0.05) is 24.0 Å². The molecule has 0 saturated heterocycles. The van der Waals surface area contributed by atoms with Crippen LogP contribution in [0.2, 0.25) is 0 Å². The van der Waals surface area contributed by atoms with Crippen molar-refractivity contribution < 1.29 is 14.3 Å². The molecule has 1 amide bonds. The monoisotopic (exact) mass is 392 g/mol. The Morgan fingerprint density at radius 1 is 0.966 bits per heavy atom. The maximum Gasteiger partial charge on any atom is 0.274 e. The Labute approximate surface area is 170 Å². The second-order valence-corrected chi connectivity index (χ2v) is 6.40. The standard InChI is InChI=1S/C22H24N4O3/c1-15-13-18(21(27)25-17-9-10-19(28-2)20(14-17)29-3)26-22(24-15)23-12-11-16-7-5-4-6-8-16/h4-10,13-14H,11-12H2,1-3H3,(H,25,27)(H,23,24,26). The van der Waals surface area contributed by atoms with E-state index in [-0.39, 0.29) is 11.6 Å². The number of benzene rings is 2. The Balaban J connectivity index is 1.67. The zero-order valence-electron chi connectivity index (χ0n) is 16.7. The molecule has 0 aliphatic carbocycles. The summed E-state index contributed by atoms with van der Waals surface area (Å²) in [5.41, 5.74) is 2.80. The molecule has 2 N–H and O–H groups in total. The quantitative estimate of drug-likeness (QED) is 0.608. The van der Waals surface area contributed by atoms with Gasteiger partial charge in [-0.25, -0.2) is 9.97 Å². The number of aryl methyl sites for hydroxylation is 1. The van der Waals surface area contributed by atoms with Gasteiger partial charge >= 0.3 is 0 Å². The molecular weight excluding hydrogens is 368 g/mol. The fraction of sp³-hybridized carbons (Fsp3) is 0.227. The van der Waals surface area contributed by atoms with Gasteiger partial charge < -0.3 is 20.1 Å². The van der Waals surface area contributed by atoms with E-state index >= 15 is 0 Å². The first-order valence-electron chi connectivity index (χ1n) is 9.26. The zero-order chi connectivity index (χ0) is 20.6. The van der Waals surface area contributed by atoms with E-state index in [0.717, 1.165) is 6.42 Å². The number of hydrogen-bond donors (Lipinski definition) is 2. The first kappa shape index (κ1) is 20.1. The number of ether oxygens (including phenoxy) is 2. The normalized spacial score (nSPS) is 10.3. The number of nitrogens with one attached hydrogen (secondary N) is 2. The van der Waals surface area contributed by atoms with Gasteiger partial charge in [-0.1, -0.05) is 30.3 Å². The Bertz CT molecular complexity index is 977. The molecule has 0 atom stereocenters. The molecule has 150 valence electrons. The number of amides is 1. The van der Waals surface area contributed by atoms with Gasteiger partial charge in [-0.3, -0.25) is 4.79 Å². The highest BCUT2D eigenvalue weighted by Gasteiger charge is 2.13. The van der Waals surface area contributed by atoms with Crippen LogP contribution in [0, 0.1) is 6.92 Å². The molecule has 1 aromatic heterocycles. The highest BCUT2D eigenvalue weighted by molar-refractivity contribution is 6.03. The van der Waals surface area contributed by atoms with Crippen LogP contribution in [0.5, 0.6) is 11.5 Å². The van der Waals surface area contributed by atoms with Crippen LogP contribution in [0.4, 0.5) is 11.6 Å². The van der Waals surface area contributed by atoms with Crippen LogP contribution in [0.3, 0.4) is 0 Å². The SMILES string of the molecule is COc1ccc(NC(=O)c2cc(C)nc(NCCc3ccccc3)n2)cc1OC. The number of aromatic nitrogens is 2. The third kappa shape index (κ3) is 5.44. The molecule has 0 spiro atoms. The third-order valence-electron chi connectivity index (χ3n) is 4.27. The second kappa shape index (κ2) is 9.54. The van der Waals surface area contributed by atoms with Gasteiger partial charge in [0.15, 0.2) is 11.5 Å². The van der Waals surface area contributed by atoms with Crippen LogP contribution in [-0.4, -0.2) is 36.6 Å². The van der Waals surface area contributed by atoms with Crippen molar-refractivity contribution in [3.63, 3.8) is 0 Å². The van der Waals surface area contributed by atoms with Gasteiger partial charge in [-0.05, 0) is 37.1 Å². The van der Waals surface area contributed by atoms with Gasteiger partial charge in [-0.15, -0.1) is 0 Å². The fourth-order valence-electron chi connectivity index (χ4n) is 2.84. The molecule has 2 aromatic carbocycles. The van der Waals surface area contributed by atoms with Crippen LogP contribution in [0.25, 0.3) is 0 Å². The first-order valence-corrected chi connectivity index (χ1v) is 9.26. The van der Waals surface area contributed by atoms with E-state index in [0.29, 0.717) is 35.4 Å². The molecule has 3 aromatic rings. The van der Waals surface area contributed by atoms with Crippen molar-refractivity contribution >= 4 is 17.5 Å². The van der Waals surface area contributed by atoms with Crippen molar-refractivity contribution in [3.05, 3.63) is 71.5 Å². The van der Waals surface area contributed by atoms with E-state index in [9.17, 15) is 4.79 Å². The number of nitrogens with zero attached hydrogens (tertiary/aromatic N) is 2. The Kier molecular flexibility index (Phi) is 6.63. The molecule has 0 aliphatic rings. The topological polar surface area (TPSA) is 85.4 Å². The molecule has 7 nitrogen and oxygen atoms in total. The van der Waals surface area contributed by atoms with Crippen molar-refractivity contribution in [1.29, 1.82) is 0 Å². The summed E-state index contributed by atoms with van der Waals surface area (Å²) < 4.78 is 10.5. The fourth-order valence-corrected chi connectivity index (χ4v) is 2.84. The predicted octanol–water partition coefficient (Wildman–Crippen LogP) is 3.71. The maximum absolute atomic E-state index is 12.7. The lowest BCUT2D eigenvalue weighted by molar-refractivity contribution is 0.102. The van der Waals surface area contributed by atoms with E-state index in [1.54, 1.807) is 38.5 Å². The van der Waals surface area contributed by atoms with Crippen LogP contribution < -0.4 is 20.1 Å². The molecule has 3 rings (SSSR count). The number of rotatable bonds is 8. The van der Waals surface area contributed by atoms with E-state index in [2.05, 4.69) is 32.7 Å². The van der Waals surface area contributed by atoms with Gasteiger partial charge in [0.05, 0.1) is 14.2 Å². The number of anilines is 2. The summed E-state index contributed by atoms with van der Waals surface area (Å²) in [7, 11) is 3.11. The van der Waals surface area contributed by atoms with Crippen LogP contribution >= 0.6 is 0 Å². The molecule has 1 heterocycles. The van der Waals surface area contributed by atoms with Crippen LogP contribution in [0.1, 0.15) is 21.7 Å². The Morgan fingerprint density at radius 2 is 1.72 bits per heavy atom. The molecular formula is C22H24N4O3. The van der Waals surface area contributed by atoms with Crippen molar-refractivity contribution in [2.24, 2.45) is 0 Å². The molecule has 0 aliphatic heterocycles. The molecule has 0 radical (unpaired) electrons. The largest absolute Gasteiger partial charge is 0.493 e. The minimum Gasteiger partial charge on any atom is -0.493 e. The maximum atomic E-state index is 12.7. The summed E-state index contributed by atoms with van der Waals surface area (Å²) in [5.74, 6) is 1.23. The van der Waals surface area contributed by atoms with Crippen molar-refractivity contribution in [1.82, 2.24) is 9.97 Å². The summed E-state index contributed by atoms with van der Waals surface area (Å²) in [4.78, 5) is 21.4. The first-order chi connectivity index (χ1) is 14.1. The van der Waals surface area contributed by atoms with Gasteiger partial charge in [0.1, 0.15) is 5.69 Å². The number of carbonyl (C=O) groups excluding carboxylic acids is 1. The minimum absolute atomic E-state index is 0.287. The summed E-state index contributed by atoms with van der Waals surface area (Å²) >= 11 is 0. The minimum atomic E-state index is -0.325. The van der Waals surface area contributed by atoms with Gasteiger partial charge in [0.2, 0.25) is 5.95 Å². The van der Waals surface area contributed by atoms with Crippen molar-refractivity contribution in [3.8, 4) is 11.5 Å². The van der Waals surface area contributed by atoms with Crippen LogP contribution in [0.15, 0.2) is 54.6 Å². The van der Waals surface area contributed by atoms with Gasteiger partial charge in [-0.2, -0.15) is 0 Å². The summed E-state index contributed by atoms with van der Waals surface area (Å²) in [6.45, 7) is 2.50. The van der Waals surface area contributed by atoms with E-state index in [1.807, 2.05) is 25.1 Å². The zero-order valence-corrected chi connectivity index (χ0v) is 16.7. The summed E-state index contributed by atoms with van der Waals surface area (Å²) in [5, 5.41) is 6.02. The number of carbonyl (C=O) groups is 1. The molecule has 0 saturated carbocycles. The average Bonchev–Trinajstić information content (AvgIpc) is 2.74. The summed E-state index contributed by atoms with van der Waals surface area (Å²) in [6.07, 6.45) is 0.839.